The van der Waals surface area contributed by atoms with E-state index in [2.05, 4.69) is 6.07 Å². The van der Waals surface area contributed by atoms with Crippen LogP contribution in [0.1, 0.15) is 33.8 Å². The fourth-order valence-electron chi connectivity index (χ4n) is 3.60. The standard InChI is InChI=1S/C24H19N3O3/c25-14-16-4-1-8-21(10-16)30-22-9-3-5-17(12-22)19-13-23(28)27(15-19)20-7-2-6-18(11-20)24(26)29/h1-12,19H,13,15H2,(H2,26,29). The maximum Gasteiger partial charge on any atom is 0.248 e. The summed E-state index contributed by atoms with van der Waals surface area (Å²) < 4.78 is 5.90. The summed E-state index contributed by atoms with van der Waals surface area (Å²) in [6.07, 6.45) is 0.369. The molecule has 2 amide bonds. The lowest BCUT2D eigenvalue weighted by molar-refractivity contribution is -0.117. The van der Waals surface area contributed by atoms with Gasteiger partial charge in [0.1, 0.15) is 11.5 Å². The van der Waals surface area contributed by atoms with Crippen molar-refractivity contribution >= 4 is 17.5 Å². The quantitative estimate of drug-likeness (QED) is 0.704. The van der Waals surface area contributed by atoms with E-state index in [-0.39, 0.29) is 11.8 Å². The first-order chi connectivity index (χ1) is 14.5. The molecule has 1 heterocycles. The molecule has 0 saturated carbocycles. The molecule has 0 radical (unpaired) electrons. The van der Waals surface area contributed by atoms with Gasteiger partial charge in [-0.2, -0.15) is 5.26 Å². The van der Waals surface area contributed by atoms with Gasteiger partial charge in [-0.1, -0.05) is 24.3 Å². The molecule has 0 spiro atoms. The molecule has 3 aromatic carbocycles. The molecule has 1 fully saturated rings. The predicted octanol–water partition coefficient (Wildman–Crippen LogP) is 3.97. The number of amides is 2. The van der Waals surface area contributed by atoms with Crippen LogP contribution in [0.2, 0.25) is 0 Å². The summed E-state index contributed by atoms with van der Waals surface area (Å²) in [6, 6.07) is 23.5. The molecule has 1 atom stereocenters. The minimum absolute atomic E-state index is 0.00345. The van der Waals surface area contributed by atoms with E-state index in [1.807, 2.05) is 24.3 Å². The van der Waals surface area contributed by atoms with E-state index < -0.39 is 5.91 Å². The van der Waals surface area contributed by atoms with Gasteiger partial charge in [-0.15, -0.1) is 0 Å². The van der Waals surface area contributed by atoms with Crippen LogP contribution in [0.25, 0.3) is 0 Å². The van der Waals surface area contributed by atoms with E-state index in [4.69, 9.17) is 15.7 Å². The summed E-state index contributed by atoms with van der Waals surface area (Å²) in [5, 5.41) is 9.04. The Kier molecular flexibility index (Phi) is 5.19. The Morgan fingerprint density at radius 2 is 1.77 bits per heavy atom. The zero-order chi connectivity index (χ0) is 21.1. The molecule has 1 unspecified atom stereocenters. The molecule has 0 aromatic heterocycles. The molecule has 6 heteroatoms. The lowest BCUT2D eigenvalue weighted by Gasteiger charge is -2.18. The Morgan fingerprint density at radius 3 is 2.53 bits per heavy atom. The minimum atomic E-state index is -0.523. The van der Waals surface area contributed by atoms with Crippen LogP contribution in [-0.4, -0.2) is 18.4 Å². The van der Waals surface area contributed by atoms with E-state index in [0.29, 0.717) is 41.3 Å². The van der Waals surface area contributed by atoms with Gasteiger partial charge < -0.3 is 15.4 Å². The topological polar surface area (TPSA) is 96.4 Å². The fraction of sp³-hybridized carbons (Fsp3) is 0.125. The van der Waals surface area contributed by atoms with E-state index in [9.17, 15) is 9.59 Å². The number of hydrogen-bond donors (Lipinski definition) is 1. The zero-order valence-electron chi connectivity index (χ0n) is 16.1. The van der Waals surface area contributed by atoms with Crippen molar-refractivity contribution in [3.8, 4) is 17.6 Å². The third-order valence-corrected chi connectivity index (χ3v) is 5.10. The van der Waals surface area contributed by atoms with E-state index in [1.54, 1.807) is 53.4 Å². The van der Waals surface area contributed by atoms with E-state index >= 15 is 0 Å². The Balaban J connectivity index is 1.53. The second kappa shape index (κ2) is 8.10. The molecule has 1 aliphatic heterocycles. The largest absolute Gasteiger partial charge is 0.457 e. The van der Waals surface area contributed by atoms with Crippen molar-refractivity contribution < 1.29 is 14.3 Å². The molecule has 148 valence electrons. The second-order valence-corrected chi connectivity index (χ2v) is 7.13. The molecular weight excluding hydrogens is 378 g/mol. The van der Waals surface area contributed by atoms with Gasteiger partial charge in [0.15, 0.2) is 0 Å². The number of benzene rings is 3. The number of nitrogens with zero attached hydrogens (tertiary/aromatic N) is 2. The van der Waals surface area contributed by atoms with Crippen LogP contribution in [0, 0.1) is 11.3 Å². The summed E-state index contributed by atoms with van der Waals surface area (Å²) in [5.41, 5.74) is 7.92. The van der Waals surface area contributed by atoms with Crippen molar-refractivity contribution in [1.29, 1.82) is 5.26 Å². The summed E-state index contributed by atoms with van der Waals surface area (Å²) in [4.78, 5) is 25.8. The van der Waals surface area contributed by atoms with Gasteiger partial charge in [-0.25, -0.2) is 0 Å². The Labute approximate surface area is 174 Å². The first-order valence-electron chi connectivity index (χ1n) is 9.52. The Hall–Kier alpha value is -4.11. The molecule has 0 aliphatic carbocycles. The summed E-state index contributed by atoms with van der Waals surface area (Å²) >= 11 is 0. The van der Waals surface area contributed by atoms with Gasteiger partial charge in [0.25, 0.3) is 0 Å². The van der Waals surface area contributed by atoms with E-state index in [1.165, 1.54) is 0 Å². The van der Waals surface area contributed by atoms with Crippen molar-refractivity contribution in [1.82, 2.24) is 0 Å². The van der Waals surface area contributed by atoms with Crippen LogP contribution in [-0.2, 0) is 4.79 Å². The summed E-state index contributed by atoms with van der Waals surface area (Å²) in [7, 11) is 0. The second-order valence-electron chi connectivity index (χ2n) is 7.13. The lowest BCUT2D eigenvalue weighted by atomic mass is 9.98. The molecule has 3 aromatic rings. The molecule has 2 N–H and O–H groups in total. The highest BCUT2D eigenvalue weighted by atomic mass is 16.5. The number of hydrogen-bond acceptors (Lipinski definition) is 4. The van der Waals surface area contributed by atoms with Crippen molar-refractivity contribution in [3.63, 3.8) is 0 Å². The molecule has 0 bridgehead atoms. The van der Waals surface area contributed by atoms with Crippen LogP contribution in [0.15, 0.2) is 72.8 Å². The maximum atomic E-state index is 12.6. The highest BCUT2D eigenvalue weighted by Crippen LogP contribution is 2.34. The summed E-state index contributed by atoms with van der Waals surface area (Å²) in [6.45, 7) is 0.508. The van der Waals surface area contributed by atoms with Gasteiger partial charge in [0.05, 0.1) is 11.6 Å². The van der Waals surface area contributed by atoms with Crippen LogP contribution in [0.5, 0.6) is 11.5 Å². The number of nitrogens with two attached hydrogens (primary N) is 1. The number of anilines is 1. The molecule has 30 heavy (non-hydrogen) atoms. The number of carbonyl (C=O) groups is 2. The molecule has 4 rings (SSSR count). The normalized spacial score (nSPS) is 15.6. The number of nitriles is 1. The average molecular weight is 397 g/mol. The van der Waals surface area contributed by atoms with Gasteiger partial charge in [0.2, 0.25) is 11.8 Å². The number of ether oxygens (including phenoxy) is 1. The molecule has 1 aliphatic rings. The van der Waals surface area contributed by atoms with Gasteiger partial charge in [-0.05, 0) is 54.1 Å². The van der Waals surface area contributed by atoms with Crippen LogP contribution < -0.4 is 15.4 Å². The molecular formula is C24H19N3O3. The van der Waals surface area contributed by atoms with Crippen molar-refractivity contribution in [2.24, 2.45) is 5.73 Å². The van der Waals surface area contributed by atoms with Crippen molar-refractivity contribution in [2.75, 3.05) is 11.4 Å². The highest BCUT2D eigenvalue weighted by molar-refractivity contribution is 5.99. The summed E-state index contributed by atoms with van der Waals surface area (Å²) in [5.74, 6) is 0.701. The third-order valence-electron chi connectivity index (χ3n) is 5.10. The zero-order valence-corrected chi connectivity index (χ0v) is 16.1. The van der Waals surface area contributed by atoms with Crippen LogP contribution >= 0.6 is 0 Å². The van der Waals surface area contributed by atoms with E-state index in [0.717, 1.165) is 5.56 Å². The van der Waals surface area contributed by atoms with Crippen LogP contribution in [0.4, 0.5) is 5.69 Å². The van der Waals surface area contributed by atoms with Gasteiger partial charge >= 0.3 is 0 Å². The monoisotopic (exact) mass is 397 g/mol. The van der Waals surface area contributed by atoms with Gasteiger partial charge in [-0.3, -0.25) is 9.59 Å². The van der Waals surface area contributed by atoms with Crippen molar-refractivity contribution in [3.05, 3.63) is 89.5 Å². The average Bonchev–Trinajstić information content (AvgIpc) is 3.16. The van der Waals surface area contributed by atoms with Crippen molar-refractivity contribution in [2.45, 2.75) is 12.3 Å². The highest BCUT2D eigenvalue weighted by Gasteiger charge is 2.32. The minimum Gasteiger partial charge on any atom is -0.457 e. The molecule has 6 nitrogen and oxygen atoms in total. The number of carbonyl (C=O) groups excluding carboxylic acids is 2. The predicted molar refractivity (Wildman–Crippen MR) is 112 cm³/mol. The SMILES string of the molecule is N#Cc1cccc(Oc2cccc(C3CC(=O)N(c4cccc(C(N)=O)c4)C3)c2)c1. The Morgan fingerprint density at radius 1 is 1.03 bits per heavy atom. The smallest absolute Gasteiger partial charge is 0.248 e. The first-order valence-corrected chi connectivity index (χ1v) is 9.52. The Bertz CT molecular complexity index is 1170. The van der Waals surface area contributed by atoms with Gasteiger partial charge in [0, 0.05) is 30.1 Å². The van der Waals surface area contributed by atoms with Crippen LogP contribution in [0.3, 0.4) is 0 Å². The number of primary amides is 1. The lowest BCUT2D eigenvalue weighted by Crippen LogP contribution is -2.24. The first kappa shape index (κ1) is 19.2. The third kappa shape index (κ3) is 4.01. The molecule has 1 saturated heterocycles. The fourth-order valence-corrected chi connectivity index (χ4v) is 3.60. The number of rotatable bonds is 5. The maximum absolute atomic E-state index is 12.6.